The Labute approximate surface area is 125 Å². The minimum atomic E-state index is 0.913. The maximum atomic E-state index is 4.61. The number of thiophene rings is 1. The predicted molar refractivity (Wildman–Crippen MR) is 82.4 cm³/mol. The molecule has 1 aliphatic heterocycles. The van der Waals surface area contributed by atoms with Crippen LogP contribution in [-0.4, -0.2) is 53.0 Å². The van der Waals surface area contributed by atoms with E-state index in [1.807, 2.05) is 0 Å². The van der Waals surface area contributed by atoms with Crippen LogP contribution in [0.2, 0.25) is 0 Å². The summed E-state index contributed by atoms with van der Waals surface area (Å²) >= 11 is 3.28. The molecule has 19 heavy (non-hydrogen) atoms. The van der Waals surface area contributed by atoms with Crippen LogP contribution in [0.3, 0.4) is 0 Å². The second kappa shape index (κ2) is 6.03. The Hall–Kier alpha value is -0.902. The maximum absolute atomic E-state index is 4.61. The molecule has 2 aromatic heterocycles. The van der Waals surface area contributed by atoms with Gasteiger partial charge in [-0.1, -0.05) is 0 Å². The summed E-state index contributed by atoms with van der Waals surface area (Å²) in [6, 6.07) is 6.40. The number of hydrogen-bond acceptors (Lipinski definition) is 5. The summed E-state index contributed by atoms with van der Waals surface area (Å²) in [5, 5.41) is 5.49. The molecule has 6 heteroatoms. The van der Waals surface area contributed by atoms with Gasteiger partial charge in [0.1, 0.15) is 0 Å². The molecular formula is C13H17AsN4S. The van der Waals surface area contributed by atoms with Gasteiger partial charge in [-0.2, -0.15) is 0 Å². The van der Waals surface area contributed by atoms with E-state index in [1.54, 1.807) is 11.3 Å². The fourth-order valence-corrected chi connectivity index (χ4v) is 3.59. The zero-order chi connectivity index (χ0) is 13.1. The monoisotopic (exact) mass is 336 g/mol. The summed E-state index contributed by atoms with van der Waals surface area (Å²) in [6.45, 7) is 4.13. The first-order valence-electron chi connectivity index (χ1n) is 6.43. The molecule has 1 N–H and O–H groups in total. The van der Waals surface area contributed by atoms with Crippen LogP contribution in [0.25, 0.3) is 0 Å². The quantitative estimate of drug-likeness (QED) is 0.788. The SMILES string of the molecule is [AsH2]c1nc(Cc2cccs2)cc(N2CCNCC2)n1. The molecule has 2 aromatic rings. The van der Waals surface area contributed by atoms with Crippen molar-refractivity contribution in [1.29, 1.82) is 0 Å². The van der Waals surface area contributed by atoms with Crippen LogP contribution in [-0.2, 0) is 6.42 Å². The van der Waals surface area contributed by atoms with Gasteiger partial charge in [0.2, 0.25) is 0 Å². The molecule has 4 nitrogen and oxygen atoms in total. The van der Waals surface area contributed by atoms with Crippen LogP contribution in [0, 0.1) is 0 Å². The van der Waals surface area contributed by atoms with E-state index in [4.69, 9.17) is 0 Å². The fourth-order valence-electron chi connectivity index (χ4n) is 2.24. The summed E-state index contributed by atoms with van der Waals surface area (Å²) in [5.41, 5.74) is 1.13. The average molecular weight is 336 g/mol. The number of hydrogen-bond donors (Lipinski definition) is 1. The standard InChI is InChI=1S/C13H17AsN4S/c14-13-16-10(8-11-2-1-7-19-11)9-12(17-13)18-5-3-15-4-6-18/h1-2,7,9,15H,3-6,8,14H2. The summed E-state index contributed by atoms with van der Waals surface area (Å²) in [7, 11) is 0. The van der Waals surface area contributed by atoms with E-state index < -0.39 is 0 Å². The predicted octanol–water partition coefficient (Wildman–Crippen LogP) is -0.203. The first-order valence-corrected chi connectivity index (χ1v) is 8.52. The average Bonchev–Trinajstić information content (AvgIpc) is 2.92. The second-order valence-electron chi connectivity index (χ2n) is 4.57. The first-order chi connectivity index (χ1) is 9.31. The number of nitrogens with zero attached hydrogens (tertiary/aromatic N) is 3. The van der Waals surface area contributed by atoms with Gasteiger partial charge in [-0.25, -0.2) is 0 Å². The molecular weight excluding hydrogens is 319 g/mol. The van der Waals surface area contributed by atoms with Crippen LogP contribution in [0.4, 0.5) is 5.82 Å². The van der Waals surface area contributed by atoms with Crippen LogP contribution in [0.5, 0.6) is 0 Å². The van der Waals surface area contributed by atoms with Gasteiger partial charge in [0.15, 0.2) is 0 Å². The van der Waals surface area contributed by atoms with Crippen molar-refractivity contribution in [3.8, 4) is 0 Å². The van der Waals surface area contributed by atoms with Crippen LogP contribution in [0.1, 0.15) is 10.6 Å². The zero-order valence-corrected chi connectivity index (χ0v) is 13.9. The molecule has 1 fully saturated rings. The van der Waals surface area contributed by atoms with Gasteiger partial charge in [0.05, 0.1) is 0 Å². The Kier molecular flexibility index (Phi) is 4.16. The number of rotatable bonds is 3. The molecule has 0 spiro atoms. The Bertz CT molecular complexity index is 538. The molecule has 1 atom stereocenters. The number of piperazine rings is 1. The van der Waals surface area contributed by atoms with Gasteiger partial charge in [-0.05, 0) is 0 Å². The van der Waals surface area contributed by atoms with Crippen molar-refractivity contribution in [2.75, 3.05) is 31.1 Å². The van der Waals surface area contributed by atoms with Gasteiger partial charge in [0, 0.05) is 0 Å². The van der Waals surface area contributed by atoms with E-state index in [-0.39, 0.29) is 0 Å². The molecule has 0 radical (unpaired) electrons. The molecule has 1 aliphatic rings. The van der Waals surface area contributed by atoms with Crippen molar-refractivity contribution in [2.24, 2.45) is 0 Å². The van der Waals surface area contributed by atoms with Gasteiger partial charge in [0.25, 0.3) is 0 Å². The third kappa shape index (κ3) is 3.35. The van der Waals surface area contributed by atoms with E-state index >= 15 is 0 Å². The third-order valence-electron chi connectivity index (χ3n) is 3.16. The van der Waals surface area contributed by atoms with Gasteiger partial charge in [-0.3, -0.25) is 0 Å². The number of nitrogens with one attached hydrogen (secondary N) is 1. The summed E-state index contributed by atoms with van der Waals surface area (Å²) in [4.78, 5) is 12.9. The third-order valence-corrected chi connectivity index (χ3v) is 4.58. The topological polar surface area (TPSA) is 41.1 Å². The van der Waals surface area contributed by atoms with Gasteiger partial charge >= 0.3 is 126 Å². The van der Waals surface area contributed by atoms with Crippen molar-refractivity contribution in [1.82, 2.24) is 15.3 Å². The van der Waals surface area contributed by atoms with Crippen molar-refractivity contribution < 1.29 is 0 Å². The first kappa shape index (κ1) is 13.1. The van der Waals surface area contributed by atoms with E-state index in [0.717, 1.165) is 48.7 Å². The summed E-state index contributed by atoms with van der Waals surface area (Å²) < 4.78 is 0.926. The van der Waals surface area contributed by atoms with Crippen LogP contribution in [0.15, 0.2) is 23.6 Å². The molecule has 3 heterocycles. The summed E-state index contributed by atoms with van der Waals surface area (Å²) in [6.07, 6.45) is 0.913. The zero-order valence-electron chi connectivity index (χ0n) is 10.7. The van der Waals surface area contributed by atoms with E-state index in [9.17, 15) is 0 Å². The van der Waals surface area contributed by atoms with E-state index in [1.165, 1.54) is 21.7 Å². The van der Waals surface area contributed by atoms with Gasteiger partial charge in [-0.15, -0.1) is 0 Å². The molecule has 0 aromatic carbocycles. The minimum absolute atomic E-state index is 0.913. The summed E-state index contributed by atoms with van der Waals surface area (Å²) in [5.74, 6) is 1.09. The van der Waals surface area contributed by atoms with Crippen molar-refractivity contribution in [2.45, 2.75) is 6.42 Å². The molecule has 1 unspecified atom stereocenters. The molecule has 0 bridgehead atoms. The Morgan fingerprint density at radius 2 is 2.16 bits per heavy atom. The van der Waals surface area contributed by atoms with E-state index in [0.29, 0.717) is 0 Å². The molecule has 0 aliphatic carbocycles. The van der Waals surface area contributed by atoms with Crippen molar-refractivity contribution in [3.63, 3.8) is 0 Å². The molecule has 1 saturated heterocycles. The Morgan fingerprint density at radius 1 is 1.32 bits per heavy atom. The number of aromatic nitrogens is 2. The molecule has 100 valence electrons. The fraction of sp³-hybridized carbons (Fsp3) is 0.385. The van der Waals surface area contributed by atoms with Crippen LogP contribution >= 0.6 is 11.3 Å². The number of anilines is 1. The van der Waals surface area contributed by atoms with Crippen molar-refractivity contribution in [3.05, 3.63) is 34.2 Å². The molecule has 3 rings (SSSR count). The van der Waals surface area contributed by atoms with E-state index in [2.05, 4.69) is 43.8 Å². The normalized spacial score (nSPS) is 15.7. The van der Waals surface area contributed by atoms with Crippen LogP contribution < -0.4 is 14.8 Å². The molecule has 0 saturated carbocycles. The Balaban J connectivity index is 1.82. The Morgan fingerprint density at radius 3 is 2.89 bits per heavy atom. The molecule has 0 amide bonds. The second-order valence-corrected chi connectivity index (χ2v) is 6.68. The van der Waals surface area contributed by atoms with Gasteiger partial charge < -0.3 is 0 Å². The van der Waals surface area contributed by atoms with Crippen molar-refractivity contribution >= 4 is 38.6 Å².